The lowest BCUT2D eigenvalue weighted by Crippen LogP contribution is -2.23. The van der Waals surface area contributed by atoms with Crippen LogP contribution in [0, 0.1) is 0 Å². The quantitative estimate of drug-likeness (QED) is 0.736. The minimum Gasteiger partial charge on any atom is -0.269 e. The van der Waals surface area contributed by atoms with E-state index < -0.39 is 0 Å². The zero-order valence-electron chi connectivity index (χ0n) is 13.1. The lowest BCUT2D eigenvalue weighted by Gasteiger charge is -2.07. The normalized spacial score (nSPS) is 11.1. The number of benzene rings is 1. The summed E-state index contributed by atoms with van der Waals surface area (Å²) in [6.07, 6.45) is 3.24. The third-order valence-corrected chi connectivity index (χ3v) is 3.43. The fourth-order valence-corrected chi connectivity index (χ4v) is 2.26. The second-order valence-corrected chi connectivity index (χ2v) is 5.53. The number of hydrogen-bond acceptors (Lipinski definition) is 4. The number of carbonyl (C=O) groups is 1. The summed E-state index contributed by atoms with van der Waals surface area (Å²) >= 11 is 0. The number of nitrogens with one attached hydrogen (secondary N) is 1. The standard InChI is InChI=1S/C17H18N4O2/c1-12(2)21-16-14(10-19-21)8-15(9-18-16)17(22)20-23-11-13-6-4-3-5-7-13/h3-10,12H,11H2,1-2H3,(H,20,22). The van der Waals surface area contributed by atoms with Crippen LogP contribution in [0.25, 0.3) is 11.0 Å². The molecule has 0 aliphatic rings. The maximum atomic E-state index is 12.1. The van der Waals surface area contributed by atoms with Crippen molar-refractivity contribution in [1.82, 2.24) is 20.2 Å². The number of aromatic nitrogens is 3. The Morgan fingerprint density at radius 2 is 2.04 bits per heavy atom. The molecule has 0 aliphatic carbocycles. The lowest BCUT2D eigenvalue weighted by molar-refractivity contribution is 0.0233. The van der Waals surface area contributed by atoms with Crippen molar-refractivity contribution < 1.29 is 9.63 Å². The van der Waals surface area contributed by atoms with E-state index >= 15 is 0 Å². The maximum absolute atomic E-state index is 12.1. The average Bonchev–Trinajstić information content (AvgIpc) is 2.99. The Labute approximate surface area is 134 Å². The molecule has 118 valence electrons. The number of hydroxylamine groups is 1. The van der Waals surface area contributed by atoms with Crippen LogP contribution < -0.4 is 5.48 Å². The number of hydrogen-bond donors (Lipinski definition) is 1. The predicted molar refractivity (Wildman–Crippen MR) is 86.6 cm³/mol. The van der Waals surface area contributed by atoms with E-state index in [1.807, 2.05) is 48.9 Å². The summed E-state index contributed by atoms with van der Waals surface area (Å²) < 4.78 is 1.82. The molecule has 0 unspecified atom stereocenters. The topological polar surface area (TPSA) is 69.0 Å². The van der Waals surface area contributed by atoms with Crippen LogP contribution in [-0.4, -0.2) is 20.7 Å². The van der Waals surface area contributed by atoms with Gasteiger partial charge in [0.05, 0.1) is 18.4 Å². The average molecular weight is 310 g/mol. The number of nitrogens with zero attached hydrogens (tertiary/aromatic N) is 3. The summed E-state index contributed by atoms with van der Waals surface area (Å²) in [5.41, 5.74) is 4.63. The molecule has 2 heterocycles. The van der Waals surface area contributed by atoms with Gasteiger partial charge in [0.25, 0.3) is 5.91 Å². The molecule has 0 aliphatic heterocycles. The first-order valence-corrected chi connectivity index (χ1v) is 7.44. The monoisotopic (exact) mass is 310 g/mol. The Bertz CT molecular complexity index is 812. The zero-order valence-corrected chi connectivity index (χ0v) is 13.1. The Morgan fingerprint density at radius 1 is 1.26 bits per heavy atom. The SMILES string of the molecule is CC(C)n1ncc2cc(C(=O)NOCc3ccccc3)cnc21. The van der Waals surface area contributed by atoms with Gasteiger partial charge in [0.15, 0.2) is 5.65 Å². The molecule has 1 aromatic carbocycles. The van der Waals surface area contributed by atoms with E-state index in [1.165, 1.54) is 6.20 Å². The summed E-state index contributed by atoms with van der Waals surface area (Å²) in [5.74, 6) is -0.326. The molecule has 3 rings (SSSR count). The number of pyridine rings is 1. The molecule has 0 fully saturated rings. The molecule has 0 atom stereocenters. The molecular formula is C17H18N4O2. The minimum absolute atomic E-state index is 0.217. The Hall–Kier alpha value is -2.73. The van der Waals surface area contributed by atoms with Crippen LogP contribution in [0.15, 0.2) is 48.8 Å². The van der Waals surface area contributed by atoms with E-state index in [-0.39, 0.29) is 11.9 Å². The smallest absolute Gasteiger partial charge is 0.269 e. The van der Waals surface area contributed by atoms with Gasteiger partial charge < -0.3 is 0 Å². The fraction of sp³-hybridized carbons (Fsp3) is 0.235. The number of carbonyl (C=O) groups excluding carboxylic acids is 1. The molecule has 0 bridgehead atoms. The first kappa shape index (κ1) is 15.2. The van der Waals surface area contributed by atoms with Crippen LogP contribution in [0.1, 0.15) is 35.8 Å². The summed E-state index contributed by atoms with van der Waals surface area (Å²) in [5, 5.41) is 5.12. The van der Waals surface area contributed by atoms with Gasteiger partial charge in [-0.25, -0.2) is 15.1 Å². The van der Waals surface area contributed by atoms with Crippen LogP contribution in [0.3, 0.4) is 0 Å². The molecule has 1 amide bonds. The molecule has 23 heavy (non-hydrogen) atoms. The van der Waals surface area contributed by atoms with E-state index in [9.17, 15) is 4.79 Å². The summed E-state index contributed by atoms with van der Waals surface area (Å²) in [7, 11) is 0. The number of amides is 1. The molecular weight excluding hydrogens is 292 g/mol. The third kappa shape index (κ3) is 3.37. The lowest BCUT2D eigenvalue weighted by atomic mass is 10.2. The molecule has 6 nitrogen and oxygen atoms in total. The van der Waals surface area contributed by atoms with Crippen LogP contribution in [0.2, 0.25) is 0 Å². The van der Waals surface area contributed by atoms with Gasteiger partial charge >= 0.3 is 0 Å². The van der Waals surface area contributed by atoms with Crippen molar-refractivity contribution in [2.24, 2.45) is 0 Å². The molecule has 0 saturated heterocycles. The maximum Gasteiger partial charge on any atom is 0.276 e. The van der Waals surface area contributed by atoms with E-state index in [1.54, 1.807) is 12.3 Å². The van der Waals surface area contributed by atoms with Gasteiger partial charge in [-0.3, -0.25) is 9.63 Å². The van der Waals surface area contributed by atoms with Crippen molar-refractivity contribution in [3.8, 4) is 0 Å². The van der Waals surface area contributed by atoms with Crippen LogP contribution in [0.4, 0.5) is 0 Å². The molecule has 0 saturated carbocycles. The van der Waals surface area contributed by atoms with Gasteiger partial charge in [-0.05, 0) is 25.5 Å². The first-order valence-electron chi connectivity index (χ1n) is 7.44. The minimum atomic E-state index is -0.326. The highest BCUT2D eigenvalue weighted by Gasteiger charge is 2.11. The largest absolute Gasteiger partial charge is 0.276 e. The number of rotatable bonds is 5. The Morgan fingerprint density at radius 3 is 2.78 bits per heavy atom. The first-order chi connectivity index (χ1) is 11.1. The summed E-state index contributed by atoms with van der Waals surface area (Å²) in [4.78, 5) is 21.7. The molecule has 0 radical (unpaired) electrons. The van der Waals surface area contributed by atoms with Gasteiger partial charge in [0.2, 0.25) is 0 Å². The molecule has 1 N–H and O–H groups in total. The summed E-state index contributed by atoms with van der Waals surface area (Å²) in [6, 6.07) is 11.6. The van der Waals surface area contributed by atoms with Crippen molar-refractivity contribution in [3.63, 3.8) is 0 Å². The Balaban J connectivity index is 1.66. The molecule has 3 aromatic rings. The van der Waals surface area contributed by atoms with Crippen molar-refractivity contribution in [1.29, 1.82) is 0 Å². The number of fused-ring (bicyclic) bond motifs is 1. The molecule has 2 aromatic heterocycles. The van der Waals surface area contributed by atoms with E-state index in [4.69, 9.17) is 4.84 Å². The van der Waals surface area contributed by atoms with Crippen molar-refractivity contribution in [2.75, 3.05) is 0 Å². The third-order valence-electron chi connectivity index (χ3n) is 3.43. The van der Waals surface area contributed by atoms with E-state index in [2.05, 4.69) is 15.6 Å². The van der Waals surface area contributed by atoms with Gasteiger partial charge in [-0.1, -0.05) is 30.3 Å². The van der Waals surface area contributed by atoms with Crippen LogP contribution >= 0.6 is 0 Å². The fourth-order valence-electron chi connectivity index (χ4n) is 2.26. The van der Waals surface area contributed by atoms with Crippen molar-refractivity contribution >= 4 is 16.9 Å². The van der Waals surface area contributed by atoms with E-state index in [0.29, 0.717) is 12.2 Å². The van der Waals surface area contributed by atoms with Crippen LogP contribution in [0.5, 0.6) is 0 Å². The van der Waals surface area contributed by atoms with E-state index in [0.717, 1.165) is 16.6 Å². The van der Waals surface area contributed by atoms with Crippen molar-refractivity contribution in [3.05, 3.63) is 59.9 Å². The van der Waals surface area contributed by atoms with Crippen molar-refractivity contribution in [2.45, 2.75) is 26.5 Å². The van der Waals surface area contributed by atoms with Gasteiger partial charge in [-0.2, -0.15) is 5.10 Å². The van der Waals surface area contributed by atoms with Crippen LogP contribution in [-0.2, 0) is 11.4 Å². The van der Waals surface area contributed by atoms with Gasteiger partial charge in [0.1, 0.15) is 0 Å². The zero-order chi connectivity index (χ0) is 16.2. The highest BCUT2D eigenvalue weighted by molar-refractivity contribution is 5.96. The highest BCUT2D eigenvalue weighted by atomic mass is 16.6. The molecule has 6 heteroatoms. The predicted octanol–water partition coefficient (Wildman–Crippen LogP) is 2.87. The van der Waals surface area contributed by atoms with Gasteiger partial charge in [0, 0.05) is 17.6 Å². The highest BCUT2D eigenvalue weighted by Crippen LogP contribution is 2.16. The Kier molecular flexibility index (Phi) is 4.34. The summed E-state index contributed by atoms with van der Waals surface area (Å²) in [6.45, 7) is 4.38. The second-order valence-electron chi connectivity index (χ2n) is 5.53. The van der Waals surface area contributed by atoms with Gasteiger partial charge in [-0.15, -0.1) is 0 Å². The molecule has 0 spiro atoms. The second kappa shape index (κ2) is 6.58.